The molecule has 0 atom stereocenters. The lowest BCUT2D eigenvalue weighted by atomic mass is 10.0. The maximum Gasteiger partial charge on any atom is 0.160 e. The van der Waals surface area contributed by atoms with Crippen molar-refractivity contribution in [2.24, 2.45) is 0 Å². The molecule has 0 bridgehead atoms. The maximum atomic E-state index is 5.16. The first-order valence-electron chi connectivity index (χ1n) is 12.0. The number of pyridine rings is 1. The molecule has 1 aliphatic rings. The van der Waals surface area contributed by atoms with E-state index in [0.717, 1.165) is 54.9 Å². The number of piperidine rings is 1. The van der Waals surface area contributed by atoms with Crippen LogP contribution in [0.15, 0.2) is 79.0 Å². The highest BCUT2D eigenvalue weighted by Crippen LogP contribution is 2.34. The van der Waals surface area contributed by atoms with Gasteiger partial charge in [0.05, 0.1) is 0 Å². The van der Waals surface area contributed by atoms with Crippen LogP contribution < -0.4 is 5.32 Å². The molecule has 0 unspecified atom stereocenters. The molecule has 0 radical (unpaired) electrons. The average Bonchev–Trinajstić information content (AvgIpc) is 3.28. The molecule has 33 heavy (non-hydrogen) atoms. The third kappa shape index (κ3) is 3.70. The largest absolute Gasteiger partial charge is 0.317 e. The van der Waals surface area contributed by atoms with Crippen molar-refractivity contribution in [3.05, 3.63) is 84.6 Å². The van der Waals surface area contributed by atoms with Gasteiger partial charge >= 0.3 is 0 Å². The van der Waals surface area contributed by atoms with Gasteiger partial charge < -0.3 is 9.88 Å². The summed E-state index contributed by atoms with van der Waals surface area (Å²) in [4.78, 5) is 10.1. The number of rotatable bonds is 4. The Balaban J connectivity index is 1.51. The first-order valence-corrected chi connectivity index (χ1v) is 12.0. The predicted molar refractivity (Wildman–Crippen MR) is 136 cm³/mol. The summed E-state index contributed by atoms with van der Waals surface area (Å²) in [6.45, 7) is 4.27. The highest BCUT2D eigenvalue weighted by Gasteiger charge is 2.23. The predicted octanol–water partition coefficient (Wildman–Crippen LogP) is 6.41. The van der Waals surface area contributed by atoms with E-state index < -0.39 is 0 Å². The third-order valence-electron chi connectivity index (χ3n) is 6.88. The first kappa shape index (κ1) is 20.1. The van der Waals surface area contributed by atoms with Gasteiger partial charge in [-0.15, -0.1) is 0 Å². The highest BCUT2D eigenvalue weighted by atomic mass is 15.2. The van der Waals surface area contributed by atoms with E-state index in [2.05, 4.69) is 89.6 Å². The second-order valence-corrected chi connectivity index (χ2v) is 8.97. The topological polar surface area (TPSA) is 42.7 Å². The van der Waals surface area contributed by atoms with Crippen LogP contribution in [0.2, 0.25) is 0 Å². The molecule has 1 saturated heterocycles. The van der Waals surface area contributed by atoms with Gasteiger partial charge in [-0.1, -0.05) is 61.5 Å². The molecule has 1 N–H and O–H groups in total. The van der Waals surface area contributed by atoms with Crippen molar-refractivity contribution in [1.29, 1.82) is 0 Å². The number of benzene rings is 3. The number of hydrogen-bond donors (Lipinski definition) is 1. The van der Waals surface area contributed by atoms with Crippen molar-refractivity contribution in [2.45, 2.75) is 32.2 Å². The number of fused-ring (bicyclic) bond motifs is 2. The number of aromatic nitrogens is 3. The minimum absolute atomic E-state index is 0.413. The van der Waals surface area contributed by atoms with Crippen molar-refractivity contribution in [2.75, 3.05) is 13.1 Å². The number of nitrogens with one attached hydrogen (secondary N) is 1. The number of nitrogens with zero attached hydrogens (tertiary/aromatic N) is 3. The fourth-order valence-corrected chi connectivity index (χ4v) is 5.05. The van der Waals surface area contributed by atoms with Crippen molar-refractivity contribution in [3.8, 4) is 22.5 Å². The van der Waals surface area contributed by atoms with Crippen LogP contribution in [-0.4, -0.2) is 27.6 Å². The van der Waals surface area contributed by atoms with Crippen molar-refractivity contribution >= 4 is 21.9 Å². The van der Waals surface area contributed by atoms with E-state index in [1.165, 1.54) is 27.5 Å². The molecular formula is C29H28N4. The molecule has 164 valence electrons. The first-order chi connectivity index (χ1) is 16.3. The van der Waals surface area contributed by atoms with Crippen molar-refractivity contribution < 1.29 is 0 Å². The van der Waals surface area contributed by atoms with E-state index in [9.17, 15) is 0 Å². The summed E-state index contributed by atoms with van der Waals surface area (Å²) in [5.74, 6) is 1.04. The molecule has 4 heteroatoms. The molecule has 0 aliphatic carbocycles. The van der Waals surface area contributed by atoms with Gasteiger partial charge in [0, 0.05) is 23.4 Å². The molecule has 4 nitrogen and oxygen atoms in total. The molecule has 6 rings (SSSR count). The second kappa shape index (κ2) is 8.45. The van der Waals surface area contributed by atoms with Gasteiger partial charge in [-0.3, -0.25) is 0 Å². The van der Waals surface area contributed by atoms with Crippen LogP contribution >= 0.6 is 0 Å². The molecule has 5 aromatic rings. The smallest absolute Gasteiger partial charge is 0.160 e. The molecule has 0 spiro atoms. The van der Waals surface area contributed by atoms with Crippen LogP contribution in [0, 0.1) is 0 Å². The Labute approximate surface area is 194 Å². The van der Waals surface area contributed by atoms with E-state index in [1.54, 1.807) is 0 Å². The quantitative estimate of drug-likeness (QED) is 0.357. The fourth-order valence-electron chi connectivity index (χ4n) is 5.05. The Morgan fingerprint density at radius 2 is 1.70 bits per heavy atom. The molecule has 2 aromatic heterocycles. The molecular weight excluding hydrogens is 404 g/mol. The monoisotopic (exact) mass is 432 g/mol. The van der Waals surface area contributed by atoms with Gasteiger partial charge in [-0.25, -0.2) is 9.97 Å². The van der Waals surface area contributed by atoms with E-state index >= 15 is 0 Å². The molecule has 0 saturated carbocycles. The van der Waals surface area contributed by atoms with Gasteiger partial charge in [0.15, 0.2) is 5.65 Å². The van der Waals surface area contributed by atoms with Gasteiger partial charge in [-0.2, -0.15) is 0 Å². The van der Waals surface area contributed by atoms with Crippen LogP contribution in [-0.2, 0) is 6.42 Å². The average molecular weight is 433 g/mol. The van der Waals surface area contributed by atoms with Gasteiger partial charge in [0.25, 0.3) is 0 Å². The molecule has 1 aliphatic heterocycles. The standard InChI is InChI=1S/C29H28N4/c1-2-20-6-5-9-24(16-20)28-32-27-18-25(23-11-10-21-7-3-4-8-22(21)17-23)19-31-29(27)33(28)26-12-14-30-15-13-26/h3-11,16-19,26,30H,2,12-15H2,1H3. The van der Waals surface area contributed by atoms with Crippen LogP contribution in [0.25, 0.3) is 44.5 Å². The normalized spacial score (nSPS) is 14.8. The van der Waals surface area contributed by atoms with Crippen molar-refractivity contribution in [3.63, 3.8) is 0 Å². The van der Waals surface area contributed by atoms with Crippen LogP contribution in [0.4, 0.5) is 0 Å². The zero-order valence-corrected chi connectivity index (χ0v) is 19.0. The summed E-state index contributed by atoms with van der Waals surface area (Å²) in [5, 5.41) is 5.99. The zero-order chi connectivity index (χ0) is 22.2. The highest BCUT2D eigenvalue weighted by molar-refractivity contribution is 5.89. The third-order valence-corrected chi connectivity index (χ3v) is 6.88. The lowest BCUT2D eigenvalue weighted by molar-refractivity contribution is 0.376. The van der Waals surface area contributed by atoms with E-state index in [4.69, 9.17) is 9.97 Å². The summed E-state index contributed by atoms with van der Waals surface area (Å²) in [6.07, 6.45) is 5.23. The minimum atomic E-state index is 0.413. The fraction of sp³-hybridized carbons (Fsp3) is 0.241. The van der Waals surface area contributed by atoms with Crippen LogP contribution in [0.3, 0.4) is 0 Å². The summed E-state index contributed by atoms with van der Waals surface area (Å²) in [7, 11) is 0. The van der Waals surface area contributed by atoms with E-state index in [-0.39, 0.29) is 0 Å². The Morgan fingerprint density at radius 1 is 0.848 bits per heavy atom. The Hall–Kier alpha value is -3.50. The number of imidazole rings is 1. The van der Waals surface area contributed by atoms with Gasteiger partial charge in [-0.05, 0) is 72.5 Å². The second-order valence-electron chi connectivity index (χ2n) is 8.97. The van der Waals surface area contributed by atoms with Gasteiger partial charge in [0.2, 0.25) is 0 Å². The summed E-state index contributed by atoms with van der Waals surface area (Å²) in [5.41, 5.74) is 6.75. The van der Waals surface area contributed by atoms with Crippen molar-refractivity contribution in [1.82, 2.24) is 19.9 Å². The van der Waals surface area contributed by atoms with Crippen LogP contribution in [0.5, 0.6) is 0 Å². The SMILES string of the molecule is CCc1cccc(-c2nc3cc(-c4ccc5ccccc5c4)cnc3n2C2CCNCC2)c1. The summed E-state index contributed by atoms with van der Waals surface area (Å²) in [6, 6.07) is 26.5. The lowest BCUT2D eigenvalue weighted by Gasteiger charge is -2.26. The molecule has 3 aromatic carbocycles. The Kier molecular flexibility index (Phi) is 5.16. The van der Waals surface area contributed by atoms with E-state index in [0.29, 0.717) is 6.04 Å². The lowest BCUT2D eigenvalue weighted by Crippen LogP contribution is -2.29. The van der Waals surface area contributed by atoms with Crippen LogP contribution in [0.1, 0.15) is 31.4 Å². The number of hydrogen-bond acceptors (Lipinski definition) is 3. The maximum absolute atomic E-state index is 5.16. The summed E-state index contributed by atoms with van der Waals surface area (Å²) >= 11 is 0. The summed E-state index contributed by atoms with van der Waals surface area (Å²) < 4.78 is 2.40. The van der Waals surface area contributed by atoms with E-state index in [1.807, 2.05) is 6.20 Å². The van der Waals surface area contributed by atoms with Gasteiger partial charge in [0.1, 0.15) is 11.3 Å². The Bertz CT molecular complexity index is 1440. The molecule has 0 amide bonds. The zero-order valence-electron chi connectivity index (χ0n) is 19.0. The number of aryl methyl sites for hydroxylation is 1. The molecule has 3 heterocycles. The Morgan fingerprint density at radius 3 is 2.55 bits per heavy atom. The molecule has 1 fully saturated rings. The minimum Gasteiger partial charge on any atom is -0.317 e.